The number of nitrogens with zero attached hydrogens (tertiary/aromatic N) is 4. The van der Waals surface area contributed by atoms with Gasteiger partial charge in [-0.1, -0.05) is 79.7 Å². The van der Waals surface area contributed by atoms with Gasteiger partial charge in [0.25, 0.3) is 0 Å². The van der Waals surface area contributed by atoms with Crippen molar-refractivity contribution in [2.24, 2.45) is 0 Å². The monoisotopic (exact) mass is 722 g/mol. The molecule has 0 fully saturated rings. The SMILES string of the molecule is CCOc1c(/C=C/c2cc(C#N)c(/C=C/c3cc4c5c(c3OCC)C(C)(C)CCN5CCC4(C)C)cc2C#N)cc2c3c1C(C)(C)CCN3CCC2(C)C. The lowest BCUT2D eigenvalue weighted by Crippen LogP contribution is -2.45. The Labute approximate surface area is 324 Å². The molecule has 3 aromatic rings. The minimum absolute atomic E-state index is 0.0316. The second kappa shape index (κ2) is 13.6. The zero-order chi connectivity index (χ0) is 38.8. The lowest BCUT2D eigenvalue weighted by atomic mass is 9.68. The molecule has 0 aromatic heterocycles. The van der Waals surface area contributed by atoms with Crippen LogP contribution in [0.2, 0.25) is 0 Å². The molecular weight excluding hydrogens is 665 g/mol. The molecule has 0 bridgehead atoms. The number of benzene rings is 3. The van der Waals surface area contributed by atoms with Crippen molar-refractivity contribution in [2.45, 2.75) is 117 Å². The molecule has 0 saturated carbocycles. The first-order valence-electron chi connectivity index (χ1n) is 20.1. The highest BCUT2D eigenvalue weighted by molar-refractivity contribution is 5.85. The van der Waals surface area contributed by atoms with Crippen molar-refractivity contribution in [3.63, 3.8) is 0 Å². The minimum atomic E-state index is -0.0369. The summed E-state index contributed by atoms with van der Waals surface area (Å²) in [5.41, 5.74) is 12.5. The van der Waals surface area contributed by atoms with Crippen LogP contribution in [0.5, 0.6) is 11.5 Å². The smallest absolute Gasteiger partial charge is 0.132 e. The Hall–Kier alpha value is -4.68. The van der Waals surface area contributed by atoms with Crippen molar-refractivity contribution in [3.8, 4) is 23.6 Å². The summed E-state index contributed by atoms with van der Waals surface area (Å²) in [7, 11) is 0. The zero-order valence-corrected chi connectivity index (χ0v) is 34.3. The van der Waals surface area contributed by atoms with Gasteiger partial charge in [-0.15, -0.1) is 0 Å². The highest BCUT2D eigenvalue weighted by atomic mass is 16.5. The van der Waals surface area contributed by atoms with Gasteiger partial charge in [0.1, 0.15) is 11.5 Å². The molecule has 54 heavy (non-hydrogen) atoms. The number of ether oxygens (including phenoxy) is 2. The van der Waals surface area contributed by atoms with Gasteiger partial charge in [0, 0.05) is 59.8 Å². The molecule has 0 amide bonds. The van der Waals surface area contributed by atoms with Gasteiger partial charge in [-0.3, -0.25) is 0 Å². The van der Waals surface area contributed by atoms with E-state index in [0.717, 1.165) is 85.6 Å². The van der Waals surface area contributed by atoms with Gasteiger partial charge in [-0.2, -0.15) is 10.5 Å². The van der Waals surface area contributed by atoms with Crippen LogP contribution in [-0.2, 0) is 21.7 Å². The zero-order valence-electron chi connectivity index (χ0n) is 34.3. The van der Waals surface area contributed by atoms with E-state index in [1.54, 1.807) is 0 Å². The van der Waals surface area contributed by atoms with E-state index < -0.39 is 0 Å². The second-order valence-corrected chi connectivity index (χ2v) is 18.4. The average Bonchev–Trinajstić information content (AvgIpc) is 3.12. The Balaban J connectivity index is 1.32. The fourth-order valence-corrected chi connectivity index (χ4v) is 9.45. The van der Waals surface area contributed by atoms with Crippen LogP contribution in [0.3, 0.4) is 0 Å². The first-order valence-corrected chi connectivity index (χ1v) is 20.1. The maximum Gasteiger partial charge on any atom is 0.132 e. The number of anilines is 2. The summed E-state index contributed by atoms with van der Waals surface area (Å²) in [6.45, 7) is 28.2. The van der Waals surface area contributed by atoms with Gasteiger partial charge in [0.2, 0.25) is 0 Å². The van der Waals surface area contributed by atoms with Crippen LogP contribution < -0.4 is 19.3 Å². The molecule has 0 radical (unpaired) electrons. The maximum absolute atomic E-state index is 10.5. The quantitative estimate of drug-likeness (QED) is 0.216. The van der Waals surface area contributed by atoms with Crippen molar-refractivity contribution in [1.82, 2.24) is 0 Å². The molecule has 0 saturated heterocycles. The summed E-state index contributed by atoms with van der Waals surface area (Å²) in [4.78, 5) is 5.12. The molecule has 4 heterocycles. The van der Waals surface area contributed by atoms with Crippen molar-refractivity contribution in [1.29, 1.82) is 10.5 Å². The van der Waals surface area contributed by atoms with E-state index in [9.17, 15) is 10.5 Å². The van der Waals surface area contributed by atoms with Crippen LogP contribution in [0, 0.1) is 22.7 Å². The van der Waals surface area contributed by atoms with Gasteiger partial charge in [-0.05, 0) is 108 Å². The molecule has 7 rings (SSSR count). The van der Waals surface area contributed by atoms with E-state index in [-0.39, 0.29) is 21.7 Å². The largest absolute Gasteiger partial charge is 0.493 e. The number of rotatable bonds is 8. The van der Waals surface area contributed by atoms with Crippen LogP contribution in [0.15, 0.2) is 24.3 Å². The van der Waals surface area contributed by atoms with E-state index >= 15 is 0 Å². The highest BCUT2D eigenvalue weighted by Crippen LogP contribution is 2.55. The van der Waals surface area contributed by atoms with Crippen molar-refractivity contribution >= 4 is 35.7 Å². The second-order valence-electron chi connectivity index (χ2n) is 18.4. The molecule has 0 atom stereocenters. The predicted molar refractivity (Wildman–Crippen MR) is 224 cm³/mol. The predicted octanol–water partition coefficient (Wildman–Crippen LogP) is 10.9. The molecule has 6 nitrogen and oxygen atoms in total. The van der Waals surface area contributed by atoms with E-state index in [1.165, 1.54) is 33.6 Å². The molecule has 3 aromatic carbocycles. The number of nitriles is 2. The summed E-state index contributed by atoms with van der Waals surface area (Å²) >= 11 is 0. The van der Waals surface area contributed by atoms with E-state index in [4.69, 9.17) is 9.47 Å². The fourth-order valence-electron chi connectivity index (χ4n) is 9.45. The lowest BCUT2D eigenvalue weighted by Gasteiger charge is -2.48. The molecule has 0 aliphatic carbocycles. The van der Waals surface area contributed by atoms with Gasteiger partial charge < -0.3 is 19.3 Å². The van der Waals surface area contributed by atoms with Crippen LogP contribution in [0.4, 0.5) is 11.4 Å². The topological polar surface area (TPSA) is 72.5 Å². The van der Waals surface area contributed by atoms with Gasteiger partial charge in [-0.25, -0.2) is 0 Å². The Morgan fingerprint density at radius 3 is 1.20 bits per heavy atom. The number of hydrogen-bond donors (Lipinski definition) is 0. The van der Waals surface area contributed by atoms with Crippen LogP contribution in [-0.4, -0.2) is 39.4 Å². The normalized spacial score (nSPS) is 19.9. The Morgan fingerprint density at radius 1 is 0.537 bits per heavy atom. The summed E-state index contributed by atoms with van der Waals surface area (Å²) < 4.78 is 13.0. The minimum Gasteiger partial charge on any atom is -0.493 e. The van der Waals surface area contributed by atoms with Crippen molar-refractivity contribution in [2.75, 3.05) is 49.2 Å². The molecule has 4 aliphatic rings. The first-order chi connectivity index (χ1) is 25.6. The summed E-state index contributed by atoms with van der Waals surface area (Å²) in [6, 6.07) is 13.2. The van der Waals surface area contributed by atoms with Crippen LogP contribution in [0.1, 0.15) is 151 Å². The van der Waals surface area contributed by atoms with Crippen LogP contribution in [0.25, 0.3) is 24.3 Å². The number of hydrogen-bond acceptors (Lipinski definition) is 6. The van der Waals surface area contributed by atoms with Gasteiger partial charge >= 0.3 is 0 Å². The third-order valence-corrected chi connectivity index (χ3v) is 13.0. The molecule has 4 aliphatic heterocycles. The maximum atomic E-state index is 10.5. The van der Waals surface area contributed by atoms with Gasteiger partial charge in [0.15, 0.2) is 0 Å². The fraction of sp³-hybridized carbons (Fsp3) is 0.500. The lowest BCUT2D eigenvalue weighted by molar-refractivity contribution is 0.317. The van der Waals surface area contributed by atoms with Crippen LogP contribution >= 0.6 is 0 Å². The Kier molecular flexibility index (Phi) is 9.45. The Bertz CT molecular complexity index is 2000. The molecule has 0 spiro atoms. The third kappa shape index (κ3) is 6.26. The van der Waals surface area contributed by atoms with Crippen molar-refractivity contribution < 1.29 is 9.47 Å². The summed E-state index contributed by atoms with van der Waals surface area (Å²) in [6.07, 6.45) is 12.5. The molecular formula is C48H58N4O2. The molecule has 282 valence electrons. The first kappa shape index (κ1) is 37.6. The molecule has 6 heteroatoms. The molecule has 0 unspecified atom stereocenters. The summed E-state index contributed by atoms with van der Waals surface area (Å²) in [5, 5.41) is 20.9. The molecule has 0 N–H and O–H groups in total. The van der Waals surface area contributed by atoms with E-state index in [2.05, 4.69) is 102 Å². The third-order valence-electron chi connectivity index (χ3n) is 13.0. The van der Waals surface area contributed by atoms with E-state index in [1.807, 2.05) is 38.1 Å². The Morgan fingerprint density at radius 2 is 0.870 bits per heavy atom. The van der Waals surface area contributed by atoms with Gasteiger partial charge in [0.05, 0.1) is 36.5 Å². The summed E-state index contributed by atoms with van der Waals surface area (Å²) in [5.74, 6) is 1.87. The van der Waals surface area contributed by atoms with Crippen molar-refractivity contribution in [3.05, 3.63) is 79.9 Å². The average molecular weight is 723 g/mol. The van der Waals surface area contributed by atoms with E-state index in [0.29, 0.717) is 24.3 Å². The standard InChI is InChI=1S/C48H58N4O2/c1-11-53-43-33(27-37-41-39(43)47(7,8)19-23-51(41)21-17-45(37,3)4)15-13-31-25-36(30-50)32(26-35(31)29-49)14-16-34-28-38-42-40(44(34)54-12-2)48(9,10)20-24-52(42)22-18-46(38,5)6/h13-16,25-28H,11-12,17-24H2,1-10H3/b15-13+,16-14+. The highest BCUT2D eigenvalue weighted by Gasteiger charge is 2.44.